The third kappa shape index (κ3) is 4.75. The van der Waals surface area contributed by atoms with Gasteiger partial charge in [-0.1, -0.05) is 0 Å². The highest BCUT2D eigenvalue weighted by Gasteiger charge is 2.03. The van der Waals surface area contributed by atoms with E-state index in [4.69, 9.17) is 9.15 Å². The van der Waals surface area contributed by atoms with E-state index in [0.29, 0.717) is 31.9 Å². The molecular formula is C15H17F2NO2. The maximum absolute atomic E-state index is 13.3. The van der Waals surface area contributed by atoms with Gasteiger partial charge in [0.2, 0.25) is 0 Å². The Morgan fingerprint density at radius 1 is 1.20 bits per heavy atom. The van der Waals surface area contributed by atoms with Gasteiger partial charge in [-0.15, -0.1) is 0 Å². The summed E-state index contributed by atoms with van der Waals surface area (Å²) in [4.78, 5) is 0. The lowest BCUT2D eigenvalue weighted by atomic mass is 10.2. The van der Waals surface area contributed by atoms with Crippen molar-refractivity contribution in [3.63, 3.8) is 0 Å². The smallest absolute Gasteiger partial charge is 0.129 e. The Morgan fingerprint density at radius 3 is 2.90 bits per heavy atom. The molecule has 0 saturated carbocycles. The molecule has 0 unspecified atom stereocenters. The molecule has 0 aliphatic carbocycles. The van der Waals surface area contributed by atoms with Crippen LogP contribution < -0.4 is 5.32 Å². The van der Waals surface area contributed by atoms with E-state index in [1.165, 1.54) is 6.07 Å². The zero-order valence-corrected chi connectivity index (χ0v) is 11.1. The standard InChI is InChI=1S/C15H17F2NO2/c16-13-4-5-15(17)12(9-13)10-18-6-2-7-19-11-14-3-1-8-20-14/h1,3-5,8-9,18H,2,6-7,10-11H2. The summed E-state index contributed by atoms with van der Waals surface area (Å²) in [6, 6.07) is 7.12. The van der Waals surface area contributed by atoms with Crippen LogP contribution in [0.1, 0.15) is 17.7 Å². The number of hydrogen-bond acceptors (Lipinski definition) is 3. The van der Waals surface area contributed by atoms with Crippen LogP contribution in [0.3, 0.4) is 0 Å². The van der Waals surface area contributed by atoms with E-state index in [1.54, 1.807) is 6.26 Å². The summed E-state index contributed by atoms with van der Waals surface area (Å²) >= 11 is 0. The number of halogens is 2. The summed E-state index contributed by atoms with van der Waals surface area (Å²) in [6.07, 6.45) is 2.39. The first-order valence-electron chi connectivity index (χ1n) is 6.50. The van der Waals surface area contributed by atoms with E-state index in [9.17, 15) is 8.78 Å². The molecule has 2 aromatic rings. The molecule has 5 heteroatoms. The van der Waals surface area contributed by atoms with Crippen molar-refractivity contribution < 1.29 is 17.9 Å². The minimum atomic E-state index is -0.426. The van der Waals surface area contributed by atoms with Crippen LogP contribution in [0, 0.1) is 11.6 Å². The molecule has 0 saturated heterocycles. The van der Waals surface area contributed by atoms with Crippen LogP contribution in [0.5, 0.6) is 0 Å². The van der Waals surface area contributed by atoms with E-state index < -0.39 is 11.6 Å². The lowest BCUT2D eigenvalue weighted by Gasteiger charge is -2.06. The third-order valence-corrected chi connectivity index (χ3v) is 2.79. The number of rotatable bonds is 8. The summed E-state index contributed by atoms with van der Waals surface area (Å²) < 4.78 is 36.8. The van der Waals surface area contributed by atoms with Gasteiger partial charge in [0.25, 0.3) is 0 Å². The van der Waals surface area contributed by atoms with Crippen molar-refractivity contribution >= 4 is 0 Å². The van der Waals surface area contributed by atoms with E-state index in [2.05, 4.69) is 5.32 Å². The predicted octanol–water partition coefficient (Wildman–Crippen LogP) is 3.25. The molecule has 0 aliphatic heterocycles. The second-order valence-electron chi connectivity index (χ2n) is 4.40. The maximum Gasteiger partial charge on any atom is 0.129 e. The van der Waals surface area contributed by atoms with Gasteiger partial charge >= 0.3 is 0 Å². The topological polar surface area (TPSA) is 34.4 Å². The molecule has 108 valence electrons. The van der Waals surface area contributed by atoms with Crippen molar-refractivity contribution in [1.82, 2.24) is 5.32 Å². The molecule has 0 aliphatic rings. The molecule has 1 N–H and O–H groups in total. The van der Waals surface area contributed by atoms with Crippen LogP contribution >= 0.6 is 0 Å². The summed E-state index contributed by atoms with van der Waals surface area (Å²) in [5.74, 6) is -0.0299. The normalized spacial score (nSPS) is 10.9. The molecule has 2 rings (SSSR count). The number of ether oxygens (including phenoxy) is 1. The summed E-state index contributed by atoms with van der Waals surface area (Å²) in [6.45, 7) is 2.01. The van der Waals surface area contributed by atoms with Crippen molar-refractivity contribution in [3.8, 4) is 0 Å². The van der Waals surface area contributed by atoms with Gasteiger partial charge in [0.15, 0.2) is 0 Å². The van der Waals surface area contributed by atoms with Gasteiger partial charge in [0, 0.05) is 18.7 Å². The molecule has 0 atom stereocenters. The minimum Gasteiger partial charge on any atom is -0.467 e. The Morgan fingerprint density at radius 2 is 2.10 bits per heavy atom. The number of furan rings is 1. The van der Waals surface area contributed by atoms with E-state index in [-0.39, 0.29) is 0 Å². The number of nitrogens with one attached hydrogen (secondary N) is 1. The first-order chi connectivity index (χ1) is 9.75. The molecule has 1 heterocycles. The van der Waals surface area contributed by atoms with Crippen LogP contribution in [0.15, 0.2) is 41.0 Å². The maximum atomic E-state index is 13.3. The Kier molecular flexibility index (Phi) is 5.70. The number of benzene rings is 1. The summed E-state index contributed by atoms with van der Waals surface area (Å²) in [7, 11) is 0. The fraction of sp³-hybridized carbons (Fsp3) is 0.333. The van der Waals surface area contributed by atoms with Gasteiger partial charge in [-0.3, -0.25) is 0 Å². The van der Waals surface area contributed by atoms with Gasteiger partial charge in [0.1, 0.15) is 24.0 Å². The quantitative estimate of drug-likeness (QED) is 0.754. The zero-order valence-electron chi connectivity index (χ0n) is 11.1. The van der Waals surface area contributed by atoms with E-state index in [1.807, 2.05) is 12.1 Å². The first kappa shape index (κ1) is 14.7. The van der Waals surface area contributed by atoms with Gasteiger partial charge in [-0.2, -0.15) is 0 Å². The Labute approximate surface area is 116 Å². The van der Waals surface area contributed by atoms with Crippen LogP contribution in [-0.4, -0.2) is 13.2 Å². The van der Waals surface area contributed by atoms with Crippen LogP contribution in [0.4, 0.5) is 8.78 Å². The molecule has 3 nitrogen and oxygen atoms in total. The molecule has 0 radical (unpaired) electrons. The van der Waals surface area contributed by atoms with Crippen molar-refractivity contribution in [2.45, 2.75) is 19.6 Å². The fourth-order valence-electron chi connectivity index (χ4n) is 1.77. The first-order valence-corrected chi connectivity index (χ1v) is 6.50. The highest BCUT2D eigenvalue weighted by Crippen LogP contribution is 2.09. The lowest BCUT2D eigenvalue weighted by molar-refractivity contribution is 0.104. The summed E-state index contributed by atoms with van der Waals surface area (Å²) in [5.41, 5.74) is 0.335. The van der Waals surface area contributed by atoms with Crippen LogP contribution in [0.2, 0.25) is 0 Å². The Balaban J connectivity index is 1.56. The molecule has 0 fully saturated rings. The lowest BCUT2D eigenvalue weighted by Crippen LogP contribution is -2.17. The van der Waals surface area contributed by atoms with Gasteiger partial charge < -0.3 is 14.5 Å². The second kappa shape index (κ2) is 7.77. The predicted molar refractivity (Wildman–Crippen MR) is 71.0 cm³/mol. The largest absolute Gasteiger partial charge is 0.467 e. The van der Waals surface area contributed by atoms with Crippen LogP contribution in [0.25, 0.3) is 0 Å². The average molecular weight is 281 g/mol. The van der Waals surface area contributed by atoms with E-state index >= 15 is 0 Å². The SMILES string of the molecule is Fc1ccc(F)c(CNCCCOCc2ccco2)c1. The highest BCUT2D eigenvalue weighted by molar-refractivity contribution is 5.18. The van der Waals surface area contributed by atoms with Gasteiger partial charge in [0.05, 0.1) is 6.26 Å². The van der Waals surface area contributed by atoms with Crippen LogP contribution in [-0.2, 0) is 17.9 Å². The summed E-state index contributed by atoms with van der Waals surface area (Å²) in [5, 5.41) is 3.05. The van der Waals surface area contributed by atoms with Crippen molar-refractivity contribution in [2.24, 2.45) is 0 Å². The Hall–Kier alpha value is -1.72. The minimum absolute atomic E-state index is 0.307. The molecule has 0 spiro atoms. The van der Waals surface area contributed by atoms with Crippen molar-refractivity contribution in [1.29, 1.82) is 0 Å². The molecule has 1 aromatic heterocycles. The molecule has 0 bridgehead atoms. The zero-order chi connectivity index (χ0) is 14.2. The molecule has 20 heavy (non-hydrogen) atoms. The van der Waals surface area contributed by atoms with Crippen molar-refractivity contribution in [2.75, 3.05) is 13.2 Å². The highest BCUT2D eigenvalue weighted by atomic mass is 19.1. The molecular weight excluding hydrogens is 264 g/mol. The monoisotopic (exact) mass is 281 g/mol. The number of hydrogen-bond donors (Lipinski definition) is 1. The molecule has 0 amide bonds. The van der Waals surface area contributed by atoms with E-state index in [0.717, 1.165) is 24.3 Å². The fourth-order valence-corrected chi connectivity index (χ4v) is 1.77. The van der Waals surface area contributed by atoms with Crippen molar-refractivity contribution in [3.05, 3.63) is 59.6 Å². The average Bonchev–Trinajstić information content (AvgIpc) is 2.94. The second-order valence-corrected chi connectivity index (χ2v) is 4.40. The van der Waals surface area contributed by atoms with Gasteiger partial charge in [-0.25, -0.2) is 8.78 Å². The van der Waals surface area contributed by atoms with Gasteiger partial charge in [-0.05, 0) is 43.3 Å². The third-order valence-electron chi connectivity index (χ3n) is 2.79. The molecule has 1 aromatic carbocycles. The Bertz CT molecular complexity index is 515.